The molecule has 0 radical (unpaired) electrons. The number of nitrogens with zero attached hydrogens (tertiary/aromatic N) is 3. The molecule has 5 heteroatoms. The van der Waals surface area contributed by atoms with Gasteiger partial charge in [0.15, 0.2) is 0 Å². The highest BCUT2D eigenvalue weighted by molar-refractivity contribution is 5.90. The van der Waals surface area contributed by atoms with Crippen LogP contribution in [0, 0.1) is 0 Å². The summed E-state index contributed by atoms with van der Waals surface area (Å²) in [6.45, 7) is 0.644. The third-order valence-corrected chi connectivity index (χ3v) is 2.83. The van der Waals surface area contributed by atoms with Crippen molar-refractivity contribution in [2.24, 2.45) is 5.11 Å². The van der Waals surface area contributed by atoms with Crippen LogP contribution in [0.15, 0.2) is 47.6 Å². The predicted octanol–water partition coefficient (Wildman–Crippen LogP) is 2.81. The average Bonchev–Trinajstić information content (AvgIpc) is 2.44. The lowest BCUT2D eigenvalue weighted by Gasteiger charge is -2.07. The Morgan fingerprint density at radius 2 is 2.00 bits per heavy atom. The summed E-state index contributed by atoms with van der Waals surface area (Å²) in [5, 5.41) is 8.31. The van der Waals surface area contributed by atoms with Crippen LogP contribution in [-0.2, 0) is 11.2 Å². The third kappa shape index (κ3) is 3.47. The number of carbonyl (C=O) groups excluding carboxylic acids is 1. The van der Waals surface area contributed by atoms with Crippen LogP contribution >= 0.6 is 0 Å². The van der Waals surface area contributed by atoms with E-state index in [1.807, 2.05) is 42.5 Å². The Balaban J connectivity index is 2.04. The van der Waals surface area contributed by atoms with Crippen molar-refractivity contribution >= 4 is 16.7 Å². The van der Waals surface area contributed by atoms with E-state index in [0.29, 0.717) is 13.0 Å². The first kappa shape index (κ1) is 12.9. The van der Waals surface area contributed by atoms with E-state index in [9.17, 15) is 4.79 Å². The smallest absolute Gasteiger partial charge is 0.224 e. The van der Waals surface area contributed by atoms with Crippen molar-refractivity contribution in [1.29, 1.82) is 0 Å². The van der Waals surface area contributed by atoms with E-state index < -0.39 is 0 Å². The summed E-state index contributed by atoms with van der Waals surface area (Å²) >= 11 is 0. The normalized spacial score (nSPS) is 9.89. The van der Waals surface area contributed by atoms with Crippen molar-refractivity contribution in [1.82, 2.24) is 5.32 Å². The van der Waals surface area contributed by atoms with Gasteiger partial charge in [-0.05, 0) is 21.9 Å². The molecule has 0 aromatic heterocycles. The van der Waals surface area contributed by atoms with Gasteiger partial charge in [0.2, 0.25) is 5.91 Å². The molecule has 1 amide bonds. The first-order valence-corrected chi connectivity index (χ1v) is 6.05. The molecule has 2 rings (SSSR count). The lowest BCUT2D eigenvalue weighted by molar-refractivity contribution is -0.120. The van der Waals surface area contributed by atoms with Crippen LogP contribution in [-0.4, -0.2) is 19.0 Å². The number of fused-ring (bicyclic) bond motifs is 1. The molecule has 0 aliphatic carbocycles. The molecule has 0 aliphatic heterocycles. The van der Waals surface area contributed by atoms with Crippen molar-refractivity contribution in [3.63, 3.8) is 0 Å². The Morgan fingerprint density at radius 1 is 1.21 bits per heavy atom. The first-order valence-electron chi connectivity index (χ1n) is 6.05. The minimum atomic E-state index is -0.0653. The highest BCUT2D eigenvalue weighted by Gasteiger charge is 2.05. The van der Waals surface area contributed by atoms with Crippen LogP contribution < -0.4 is 5.32 Å². The fraction of sp³-hybridized carbons (Fsp3) is 0.214. The number of nitrogens with one attached hydrogen (secondary N) is 1. The Labute approximate surface area is 110 Å². The highest BCUT2D eigenvalue weighted by Crippen LogP contribution is 2.18. The SMILES string of the molecule is [N-]=[N+]=NCCNC(=O)Cc1cccc2ccccc12. The molecule has 19 heavy (non-hydrogen) atoms. The summed E-state index contributed by atoms with van der Waals surface area (Å²) in [7, 11) is 0. The van der Waals surface area contributed by atoms with Gasteiger partial charge in [-0.15, -0.1) is 0 Å². The second-order valence-electron chi connectivity index (χ2n) is 4.12. The van der Waals surface area contributed by atoms with E-state index in [2.05, 4.69) is 15.3 Å². The lowest BCUT2D eigenvalue weighted by atomic mass is 10.0. The zero-order valence-corrected chi connectivity index (χ0v) is 10.4. The Hall–Kier alpha value is -2.52. The van der Waals surface area contributed by atoms with E-state index in [1.165, 1.54) is 0 Å². The van der Waals surface area contributed by atoms with Crippen LogP contribution in [0.1, 0.15) is 5.56 Å². The largest absolute Gasteiger partial charge is 0.356 e. The number of hydrogen-bond acceptors (Lipinski definition) is 2. The van der Waals surface area contributed by atoms with E-state index in [-0.39, 0.29) is 12.5 Å². The van der Waals surface area contributed by atoms with Gasteiger partial charge in [0.1, 0.15) is 0 Å². The molecule has 0 atom stereocenters. The molecule has 0 saturated carbocycles. The summed E-state index contributed by atoms with van der Waals surface area (Å²) in [5.41, 5.74) is 9.13. The van der Waals surface area contributed by atoms with Crippen LogP contribution in [0.4, 0.5) is 0 Å². The minimum Gasteiger partial charge on any atom is -0.356 e. The minimum absolute atomic E-state index is 0.0653. The fourth-order valence-corrected chi connectivity index (χ4v) is 1.97. The number of amides is 1. The Kier molecular flexibility index (Phi) is 4.37. The lowest BCUT2D eigenvalue weighted by Crippen LogP contribution is -2.27. The zero-order chi connectivity index (χ0) is 13.5. The number of rotatable bonds is 5. The summed E-state index contributed by atoms with van der Waals surface area (Å²) < 4.78 is 0. The predicted molar refractivity (Wildman–Crippen MR) is 74.7 cm³/mol. The maximum atomic E-state index is 11.8. The van der Waals surface area contributed by atoms with Gasteiger partial charge in [0.05, 0.1) is 6.42 Å². The van der Waals surface area contributed by atoms with Gasteiger partial charge in [-0.1, -0.05) is 47.6 Å². The molecule has 2 aromatic carbocycles. The van der Waals surface area contributed by atoms with Crippen molar-refractivity contribution in [2.45, 2.75) is 6.42 Å². The fourth-order valence-electron chi connectivity index (χ4n) is 1.97. The summed E-state index contributed by atoms with van der Waals surface area (Å²) in [4.78, 5) is 14.4. The molecule has 96 valence electrons. The Bertz CT molecular complexity index is 627. The Morgan fingerprint density at radius 3 is 2.84 bits per heavy atom. The quantitative estimate of drug-likeness (QED) is 0.378. The van der Waals surface area contributed by atoms with Gasteiger partial charge >= 0.3 is 0 Å². The van der Waals surface area contributed by atoms with Crippen LogP contribution in [0.5, 0.6) is 0 Å². The monoisotopic (exact) mass is 254 g/mol. The van der Waals surface area contributed by atoms with Gasteiger partial charge in [-0.25, -0.2) is 0 Å². The van der Waals surface area contributed by atoms with E-state index in [1.54, 1.807) is 0 Å². The molecule has 2 aromatic rings. The zero-order valence-electron chi connectivity index (χ0n) is 10.4. The maximum absolute atomic E-state index is 11.8. The first-order chi connectivity index (χ1) is 9.31. The molecule has 0 aliphatic rings. The second-order valence-corrected chi connectivity index (χ2v) is 4.12. The number of azide groups is 1. The average molecular weight is 254 g/mol. The molecule has 0 heterocycles. The third-order valence-electron chi connectivity index (χ3n) is 2.83. The van der Waals surface area contributed by atoms with Crippen LogP contribution in [0.25, 0.3) is 21.2 Å². The van der Waals surface area contributed by atoms with Crippen molar-refractivity contribution in [3.05, 3.63) is 58.5 Å². The molecule has 1 N–H and O–H groups in total. The van der Waals surface area contributed by atoms with E-state index in [0.717, 1.165) is 16.3 Å². The van der Waals surface area contributed by atoms with Gasteiger partial charge in [0.25, 0.3) is 0 Å². The molecule has 0 fully saturated rings. The van der Waals surface area contributed by atoms with Crippen LogP contribution in [0.3, 0.4) is 0 Å². The van der Waals surface area contributed by atoms with Gasteiger partial charge in [-0.3, -0.25) is 4.79 Å². The van der Waals surface area contributed by atoms with Gasteiger partial charge in [-0.2, -0.15) is 0 Å². The molecule has 5 nitrogen and oxygen atoms in total. The van der Waals surface area contributed by atoms with Crippen LogP contribution in [0.2, 0.25) is 0 Å². The van der Waals surface area contributed by atoms with Gasteiger partial charge in [0, 0.05) is 18.0 Å². The second kappa shape index (κ2) is 6.42. The highest BCUT2D eigenvalue weighted by atomic mass is 16.1. The van der Waals surface area contributed by atoms with Crippen molar-refractivity contribution < 1.29 is 4.79 Å². The van der Waals surface area contributed by atoms with Crippen molar-refractivity contribution in [3.8, 4) is 0 Å². The number of hydrogen-bond donors (Lipinski definition) is 1. The van der Waals surface area contributed by atoms with Crippen molar-refractivity contribution in [2.75, 3.05) is 13.1 Å². The summed E-state index contributed by atoms with van der Waals surface area (Å²) in [6.07, 6.45) is 0.331. The summed E-state index contributed by atoms with van der Waals surface area (Å²) in [6, 6.07) is 13.9. The van der Waals surface area contributed by atoms with E-state index in [4.69, 9.17) is 5.53 Å². The molecule has 0 bridgehead atoms. The number of benzene rings is 2. The summed E-state index contributed by atoms with van der Waals surface area (Å²) in [5.74, 6) is -0.0653. The molecular formula is C14H14N4O. The molecule has 0 unspecified atom stereocenters. The van der Waals surface area contributed by atoms with Gasteiger partial charge < -0.3 is 5.32 Å². The molecule has 0 spiro atoms. The maximum Gasteiger partial charge on any atom is 0.224 e. The topological polar surface area (TPSA) is 77.9 Å². The molecular weight excluding hydrogens is 240 g/mol. The van der Waals surface area contributed by atoms with E-state index >= 15 is 0 Å². The molecule has 0 saturated heterocycles. The standard InChI is InChI=1S/C14H14N4O/c15-18-17-9-8-16-14(19)10-12-6-3-5-11-4-1-2-7-13(11)12/h1-7H,8-10H2,(H,16,19). The number of carbonyl (C=O) groups is 1.